The van der Waals surface area contributed by atoms with Gasteiger partial charge in [-0.1, -0.05) is 24.3 Å². The average Bonchev–Trinajstić information content (AvgIpc) is 2.51. The molecular formula is C18H18N2O3. The van der Waals surface area contributed by atoms with Crippen LogP contribution in [0.3, 0.4) is 0 Å². The van der Waals surface area contributed by atoms with Crippen LogP contribution in [0, 0.1) is 13.8 Å². The van der Waals surface area contributed by atoms with Gasteiger partial charge in [-0.25, -0.2) is 0 Å². The van der Waals surface area contributed by atoms with Crippen molar-refractivity contribution in [3.63, 3.8) is 0 Å². The maximum Gasteiger partial charge on any atom is 0.266 e. The molecule has 5 heteroatoms. The van der Waals surface area contributed by atoms with E-state index in [9.17, 15) is 9.59 Å². The van der Waals surface area contributed by atoms with Gasteiger partial charge < -0.3 is 15.4 Å². The molecule has 2 aromatic carbocycles. The predicted octanol–water partition coefficient (Wildman–Crippen LogP) is 3.03. The highest BCUT2D eigenvalue weighted by Gasteiger charge is 2.29. The van der Waals surface area contributed by atoms with Crippen molar-refractivity contribution in [3.8, 4) is 5.75 Å². The number of aryl methyl sites for hydroxylation is 2. The fourth-order valence-electron chi connectivity index (χ4n) is 2.47. The Balaban J connectivity index is 1.69. The third kappa shape index (κ3) is 3.34. The molecule has 0 bridgehead atoms. The van der Waals surface area contributed by atoms with Gasteiger partial charge in [-0.3, -0.25) is 9.59 Å². The lowest BCUT2D eigenvalue weighted by Crippen LogP contribution is -2.39. The van der Waals surface area contributed by atoms with Crippen LogP contribution in [-0.2, 0) is 9.59 Å². The topological polar surface area (TPSA) is 67.4 Å². The van der Waals surface area contributed by atoms with Crippen LogP contribution in [0.1, 0.15) is 17.5 Å². The molecule has 23 heavy (non-hydrogen) atoms. The summed E-state index contributed by atoms with van der Waals surface area (Å²) in [5.41, 5.74) is 3.42. The number of anilines is 2. The van der Waals surface area contributed by atoms with E-state index in [2.05, 4.69) is 10.6 Å². The van der Waals surface area contributed by atoms with E-state index < -0.39 is 6.10 Å². The maximum absolute atomic E-state index is 12.2. The molecule has 0 saturated heterocycles. The van der Waals surface area contributed by atoms with Crippen molar-refractivity contribution in [1.82, 2.24) is 0 Å². The second kappa shape index (κ2) is 6.12. The summed E-state index contributed by atoms with van der Waals surface area (Å²) < 4.78 is 5.63. The van der Waals surface area contributed by atoms with Gasteiger partial charge in [0.25, 0.3) is 5.91 Å². The Hall–Kier alpha value is -2.82. The maximum atomic E-state index is 12.2. The fraction of sp³-hybridized carbons (Fsp3) is 0.222. The Morgan fingerprint density at radius 3 is 2.83 bits per heavy atom. The summed E-state index contributed by atoms with van der Waals surface area (Å²) in [6, 6.07) is 13.0. The largest absolute Gasteiger partial charge is 0.478 e. The molecule has 1 atom stereocenters. The number of amides is 2. The molecular weight excluding hydrogens is 292 g/mol. The smallest absolute Gasteiger partial charge is 0.266 e. The first kappa shape index (κ1) is 15.1. The summed E-state index contributed by atoms with van der Waals surface area (Å²) in [6.45, 7) is 3.89. The molecule has 2 aromatic rings. The zero-order valence-electron chi connectivity index (χ0n) is 13.1. The van der Waals surface area contributed by atoms with Crippen molar-refractivity contribution in [2.75, 3.05) is 10.6 Å². The highest BCUT2D eigenvalue weighted by molar-refractivity contribution is 6.02. The van der Waals surface area contributed by atoms with Crippen LogP contribution >= 0.6 is 0 Å². The van der Waals surface area contributed by atoms with Crippen molar-refractivity contribution in [1.29, 1.82) is 0 Å². The van der Waals surface area contributed by atoms with E-state index in [0.717, 1.165) is 16.8 Å². The van der Waals surface area contributed by atoms with Gasteiger partial charge in [0.15, 0.2) is 6.10 Å². The Morgan fingerprint density at radius 1 is 1.22 bits per heavy atom. The number of carbonyl (C=O) groups is 2. The van der Waals surface area contributed by atoms with E-state index in [0.29, 0.717) is 11.4 Å². The molecule has 1 aliphatic heterocycles. The Morgan fingerprint density at radius 2 is 2.00 bits per heavy atom. The highest BCUT2D eigenvalue weighted by atomic mass is 16.5. The summed E-state index contributed by atoms with van der Waals surface area (Å²) in [5, 5.41) is 5.60. The van der Waals surface area contributed by atoms with Gasteiger partial charge >= 0.3 is 0 Å². The molecule has 0 radical (unpaired) electrons. The van der Waals surface area contributed by atoms with Gasteiger partial charge in [0.1, 0.15) is 5.75 Å². The minimum absolute atomic E-state index is 0.0342. The van der Waals surface area contributed by atoms with Crippen molar-refractivity contribution in [2.24, 2.45) is 0 Å². The van der Waals surface area contributed by atoms with Crippen molar-refractivity contribution in [3.05, 3.63) is 53.6 Å². The van der Waals surface area contributed by atoms with Crippen LogP contribution in [0.25, 0.3) is 0 Å². The second-order valence-electron chi connectivity index (χ2n) is 5.66. The molecule has 3 rings (SSSR count). The predicted molar refractivity (Wildman–Crippen MR) is 88.7 cm³/mol. The molecule has 1 aliphatic rings. The zero-order chi connectivity index (χ0) is 16.4. The normalized spacial score (nSPS) is 16.1. The number of ether oxygens (including phenoxy) is 1. The van der Waals surface area contributed by atoms with E-state index in [4.69, 9.17) is 4.74 Å². The molecule has 2 amide bonds. The highest BCUT2D eigenvalue weighted by Crippen LogP contribution is 2.29. The Bertz CT molecular complexity index is 771. The first-order chi connectivity index (χ1) is 11.0. The molecule has 2 N–H and O–H groups in total. The molecule has 1 unspecified atom stereocenters. The minimum Gasteiger partial charge on any atom is -0.478 e. The van der Waals surface area contributed by atoms with Crippen molar-refractivity contribution < 1.29 is 14.3 Å². The van der Waals surface area contributed by atoms with Crippen LogP contribution in [0.5, 0.6) is 5.75 Å². The molecule has 0 aromatic heterocycles. The molecule has 0 spiro atoms. The van der Waals surface area contributed by atoms with E-state index in [-0.39, 0.29) is 18.2 Å². The zero-order valence-corrected chi connectivity index (χ0v) is 13.1. The lowest BCUT2D eigenvalue weighted by atomic mass is 10.1. The third-order valence-electron chi connectivity index (χ3n) is 3.74. The standard InChI is InChI=1S/C18H18N2O3/c1-11-7-8-12(2)14(9-11)19-17(21)10-16-18(22)20-13-5-3-4-6-15(13)23-16/h3-9,16H,10H2,1-2H3,(H,19,21)(H,20,22). The summed E-state index contributed by atoms with van der Waals surface area (Å²) in [7, 11) is 0. The van der Waals surface area contributed by atoms with Gasteiger partial charge in [-0.05, 0) is 43.2 Å². The third-order valence-corrected chi connectivity index (χ3v) is 3.74. The number of fused-ring (bicyclic) bond motifs is 1. The lowest BCUT2D eigenvalue weighted by Gasteiger charge is -2.25. The van der Waals surface area contributed by atoms with Crippen LogP contribution in [-0.4, -0.2) is 17.9 Å². The molecule has 0 saturated carbocycles. The number of rotatable bonds is 3. The average molecular weight is 310 g/mol. The lowest BCUT2D eigenvalue weighted by molar-refractivity contribution is -0.128. The van der Waals surface area contributed by atoms with Gasteiger partial charge in [-0.15, -0.1) is 0 Å². The van der Waals surface area contributed by atoms with Crippen LogP contribution in [0.4, 0.5) is 11.4 Å². The number of hydrogen-bond donors (Lipinski definition) is 2. The van der Waals surface area contributed by atoms with E-state index in [1.54, 1.807) is 12.1 Å². The Kier molecular flexibility index (Phi) is 4.02. The number of carbonyl (C=O) groups excluding carboxylic acids is 2. The van der Waals surface area contributed by atoms with E-state index >= 15 is 0 Å². The van der Waals surface area contributed by atoms with Gasteiger partial charge in [0.2, 0.25) is 5.91 Å². The minimum atomic E-state index is -0.824. The van der Waals surface area contributed by atoms with Crippen LogP contribution in [0.2, 0.25) is 0 Å². The quantitative estimate of drug-likeness (QED) is 0.915. The number of nitrogens with one attached hydrogen (secondary N) is 2. The second-order valence-corrected chi connectivity index (χ2v) is 5.66. The van der Waals surface area contributed by atoms with Gasteiger partial charge in [-0.2, -0.15) is 0 Å². The number of benzene rings is 2. The summed E-state index contributed by atoms with van der Waals surface area (Å²) >= 11 is 0. The first-order valence-corrected chi connectivity index (χ1v) is 7.46. The van der Waals surface area contributed by atoms with Crippen molar-refractivity contribution >= 4 is 23.2 Å². The van der Waals surface area contributed by atoms with Gasteiger partial charge in [0.05, 0.1) is 12.1 Å². The molecule has 5 nitrogen and oxygen atoms in total. The van der Waals surface area contributed by atoms with E-state index in [1.807, 2.05) is 44.2 Å². The van der Waals surface area contributed by atoms with Crippen molar-refractivity contribution in [2.45, 2.75) is 26.4 Å². The molecule has 0 aliphatic carbocycles. The fourth-order valence-corrected chi connectivity index (χ4v) is 2.47. The van der Waals surface area contributed by atoms with Crippen LogP contribution in [0.15, 0.2) is 42.5 Å². The monoisotopic (exact) mass is 310 g/mol. The molecule has 0 fully saturated rings. The summed E-state index contributed by atoms with van der Waals surface area (Å²) in [4.78, 5) is 24.3. The van der Waals surface area contributed by atoms with Gasteiger partial charge in [0, 0.05) is 5.69 Å². The Labute approximate surface area is 134 Å². The first-order valence-electron chi connectivity index (χ1n) is 7.46. The summed E-state index contributed by atoms with van der Waals surface area (Å²) in [5.74, 6) is 0.0229. The molecule has 118 valence electrons. The number of hydrogen-bond acceptors (Lipinski definition) is 3. The summed E-state index contributed by atoms with van der Waals surface area (Å²) in [6.07, 6.45) is -0.858. The van der Waals surface area contributed by atoms with E-state index in [1.165, 1.54) is 0 Å². The number of para-hydroxylation sites is 2. The van der Waals surface area contributed by atoms with Crippen LogP contribution < -0.4 is 15.4 Å². The SMILES string of the molecule is Cc1ccc(C)c(NC(=O)CC2Oc3ccccc3NC2=O)c1. The molecule has 1 heterocycles.